The second-order valence-electron chi connectivity index (χ2n) is 7.31. The summed E-state index contributed by atoms with van der Waals surface area (Å²) in [5.74, 6) is -1.59. The van der Waals surface area contributed by atoms with Crippen LogP contribution in [0.1, 0.15) is 5.76 Å². The lowest BCUT2D eigenvalue weighted by Crippen LogP contribution is -2.48. The van der Waals surface area contributed by atoms with E-state index in [1.807, 2.05) is 4.90 Å². The maximum Gasteiger partial charge on any atom is 0.452 e. The Balaban J connectivity index is 1.59. The standard InChI is InChI=1S/C21H19F4N3O4S/c1-31-18-7-2-14(17-13-20(32-26-17)21(23,24)25)12-19(18)33(29,30)28-10-8-27(9-11-28)16-5-3-15(22)4-6-16/h2-7,12-13H,8-11H2,1H3. The van der Waals surface area contributed by atoms with Gasteiger partial charge in [-0.2, -0.15) is 17.5 Å². The Bertz CT molecular complexity index is 1240. The fraction of sp³-hybridized carbons (Fsp3) is 0.286. The van der Waals surface area contributed by atoms with Crippen LogP contribution in [0.25, 0.3) is 11.3 Å². The summed E-state index contributed by atoms with van der Waals surface area (Å²) >= 11 is 0. The summed E-state index contributed by atoms with van der Waals surface area (Å²) < 4.78 is 89.2. The van der Waals surface area contributed by atoms with Gasteiger partial charge in [0.25, 0.3) is 0 Å². The van der Waals surface area contributed by atoms with Crippen molar-refractivity contribution in [3.63, 3.8) is 0 Å². The molecule has 0 saturated carbocycles. The number of methoxy groups -OCH3 is 1. The highest BCUT2D eigenvalue weighted by Crippen LogP contribution is 2.35. The van der Waals surface area contributed by atoms with Crippen LogP contribution < -0.4 is 9.64 Å². The van der Waals surface area contributed by atoms with Gasteiger partial charge in [-0.25, -0.2) is 12.8 Å². The van der Waals surface area contributed by atoms with Crippen LogP contribution in [0, 0.1) is 5.82 Å². The molecular formula is C21H19F4N3O4S. The van der Waals surface area contributed by atoms with E-state index in [-0.39, 0.29) is 40.8 Å². The lowest BCUT2D eigenvalue weighted by atomic mass is 10.1. The first kappa shape index (κ1) is 23.1. The number of alkyl halides is 3. The number of sulfonamides is 1. The normalized spacial score (nSPS) is 15.6. The van der Waals surface area contributed by atoms with Gasteiger partial charge in [0.2, 0.25) is 15.8 Å². The molecule has 0 aliphatic carbocycles. The van der Waals surface area contributed by atoms with E-state index in [9.17, 15) is 26.0 Å². The third kappa shape index (κ3) is 4.67. The lowest BCUT2D eigenvalue weighted by molar-refractivity contribution is -0.155. The van der Waals surface area contributed by atoms with Crippen LogP contribution in [0.2, 0.25) is 0 Å². The van der Waals surface area contributed by atoms with Crippen molar-refractivity contribution in [2.75, 3.05) is 38.2 Å². The maximum absolute atomic E-state index is 13.4. The van der Waals surface area contributed by atoms with Gasteiger partial charge >= 0.3 is 6.18 Å². The van der Waals surface area contributed by atoms with Crippen LogP contribution in [-0.4, -0.2) is 51.2 Å². The highest BCUT2D eigenvalue weighted by molar-refractivity contribution is 7.89. The molecule has 1 aromatic heterocycles. The van der Waals surface area contributed by atoms with Crippen LogP contribution in [0.3, 0.4) is 0 Å². The number of aromatic nitrogens is 1. The molecule has 0 unspecified atom stereocenters. The number of rotatable bonds is 5. The first-order chi connectivity index (χ1) is 15.6. The third-order valence-electron chi connectivity index (χ3n) is 5.30. The molecule has 4 rings (SSSR count). The quantitative estimate of drug-likeness (QED) is 0.509. The van der Waals surface area contributed by atoms with E-state index in [1.165, 1.54) is 41.7 Å². The Morgan fingerprint density at radius 1 is 1.00 bits per heavy atom. The number of anilines is 1. The molecule has 2 aromatic carbocycles. The zero-order chi connectivity index (χ0) is 23.8. The van der Waals surface area contributed by atoms with Gasteiger partial charge in [0, 0.05) is 43.5 Å². The Hall–Kier alpha value is -3.12. The second kappa shape index (κ2) is 8.67. The molecule has 7 nitrogen and oxygen atoms in total. The van der Waals surface area contributed by atoms with Gasteiger partial charge in [0.15, 0.2) is 0 Å². The maximum atomic E-state index is 13.4. The van der Waals surface area contributed by atoms with Crippen LogP contribution in [-0.2, 0) is 16.2 Å². The van der Waals surface area contributed by atoms with Gasteiger partial charge < -0.3 is 14.2 Å². The van der Waals surface area contributed by atoms with Crippen molar-refractivity contribution in [2.24, 2.45) is 0 Å². The molecule has 1 aliphatic rings. The molecule has 1 saturated heterocycles. The molecule has 0 bridgehead atoms. The van der Waals surface area contributed by atoms with E-state index in [4.69, 9.17) is 4.74 Å². The highest BCUT2D eigenvalue weighted by Gasteiger charge is 2.37. The first-order valence-corrected chi connectivity index (χ1v) is 11.3. The van der Waals surface area contributed by atoms with Gasteiger partial charge in [0.05, 0.1) is 7.11 Å². The molecule has 3 aromatic rings. The first-order valence-electron chi connectivity index (χ1n) is 9.82. The zero-order valence-corrected chi connectivity index (χ0v) is 18.2. The van der Waals surface area contributed by atoms with E-state index in [0.717, 1.165) is 5.69 Å². The Morgan fingerprint density at radius 2 is 1.67 bits per heavy atom. The molecule has 1 fully saturated rings. The van der Waals surface area contributed by atoms with Crippen molar-refractivity contribution in [3.05, 3.63) is 60.1 Å². The van der Waals surface area contributed by atoms with Crippen molar-refractivity contribution >= 4 is 15.7 Å². The molecule has 176 valence electrons. The van der Waals surface area contributed by atoms with Crippen molar-refractivity contribution < 1.29 is 35.2 Å². The van der Waals surface area contributed by atoms with Crippen LogP contribution in [0.5, 0.6) is 5.75 Å². The van der Waals surface area contributed by atoms with E-state index >= 15 is 0 Å². The van der Waals surface area contributed by atoms with Gasteiger partial charge in [0.1, 0.15) is 22.2 Å². The third-order valence-corrected chi connectivity index (χ3v) is 7.22. The Labute approximate surface area is 187 Å². The summed E-state index contributed by atoms with van der Waals surface area (Å²) in [6, 6.07) is 10.6. The molecule has 0 atom stereocenters. The summed E-state index contributed by atoms with van der Waals surface area (Å²) in [6.45, 7) is 1.08. The number of piperazine rings is 1. The summed E-state index contributed by atoms with van der Waals surface area (Å²) in [5.41, 5.74) is 0.764. The van der Waals surface area contributed by atoms with Crippen LogP contribution >= 0.6 is 0 Å². The topological polar surface area (TPSA) is 75.9 Å². The molecule has 0 amide bonds. The molecular weight excluding hydrogens is 466 g/mol. The molecule has 2 heterocycles. The minimum absolute atomic E-state index is 0.0549. The van der Waals surface area contributed by atoms with Gasteiger partial charge in [-0.1, -0.05) is 5.16 Å². The average Bonchev–Trinajstić information content (AvgIpc) is 3.30. The molecule has 0 radical (unpaired) electrons. The van der Waals surface area contributed by atoms with Crippen LogP contribution in [0.4, 0.5) is 23.2 Å². The van der Waals surface area contributed by atoms with Crippen molar-refractivity contribution in [1.82, 2.24) is 9.46 Å². The van der Waals surface area contributed by atoms with E-state index < -0.39 is 22.0 Å². The highest BCUT2D eigenvalue weighted by atomic mass is 32.2. The fourth-order valence-corrected chi connectivity index (χ4v) is 5.16. The summed E-state index contributed by atoms with van der Waals surface area (Å²) in [7, 11) is -2.72. The zero-order valence-electron chi connectivity index (χ0n) is 17.3. The number of benzene rings is 2. The Morgan fingerprint density at radius 3 is 2.24 bits per heavy atom. The number of ether oxygens (including phenoxy) is 1. The molecule has 1 aliphatic heterocycles. The van der Waals surface area contributed by atoms with Gasteiger partial charge in [-0.05, 0) is 42.5 Å². The van der Waals surface area contributed by atoms with Crippen molar-refractivity contribution in [2.45, 2.75) is 11.1 Å². The van der Waals surface area contributed by atoms with Crippen LogP contribution in [0.15, 0.2) is 57.9 Å². The monoisotopic (exact) mass is 485 g/mol. The predicted octanol–water partition coefficient (Wildman–Crippen LogP) is 4.02. The molecule has 33 heavy (non-hydrogen) atoms. The molecule has 0 N–H and O–H groups in total. The summed E-state index contributed by atoms with van der Waals surface area (Å²) in [4.78, 5) is 1.75. The minimum atomic E-state index is -4.71. The second-order valence-corrected chi connectivity index (χ2v) is 9.21. The average molecular weight is 485 g/mol. The largest absolute Gasteiger partial charge is 0.495 e. The molecule has 0 spiro atoms. The molecule has 12 heteroatoms. The fourth-order valence-electron chi connectivity index (χ4n) is 3.56. The number of halogens is 4. The van der Waals surface area contributed by atoms with E-state index in [0.29, 0.717) is 19.2 Å². The van der Waals surface area contributed by atoms with Crippen molar-refractivity contribution in [1.29, 1.82) is 0 Å². The number of hydrogen-bond donors (Lipinski definition) is 0. The van der Waals surface area contributed by atoms with E-state index in [2.05, 4.69) is 9.68 Å². The minimum Gasteiger partial charge on any atom is -0.495 e. The summed E-state index contributed by atoms with van der Waals surface area (Å²) in [5, 5.41) is 3.42. The summed E-state index contributed by atoms with van der Waals surface area (Å²) in [6.07, 6.45) is -4.71. The van der Waals surface area contributed by atoms with E-state index in [1.54, 1.807) is 12.1 Å². The SMILES string of the molecule is COc1ccc(-c2cc(C(F)(F)F)on2)cc1S(=O)(=O)N1CCN(c2ccc(F)cc2)CC1. The van der Waals surface area contributed by atoms with Gasteiger partial charge in [-0.15, -0.1) is 0 Å². The number of hydrogen-bond acceptors (Lipinski definition) is 6. The van der Waals surface area contributed by atoms with Crippen molar-refractivity contribution in [3.8, 4) is 17.0 Å². The number of nitrogens with zero attached hydrogens (tertiary/aromatic N) is 3. The smallest absolute Gasteiger partial charge is 0.452 e. The van der Waals surface area contributed by atoms with Gasteiger partial charge in [-0.3, -0.25) is 0 Å². The Kier molecular flexibility index (Phi) is 6.06. The lowest BCUT2D eigenvalue weighted by Gasteiger charge is -2.35. The predicted molar refractivity (Wildman–Crippen MR) is 111 cm³/mol.